The first-order valence-corrected chi connectivity index (χ1v) is 8.76. The van der Waals surface area contributed by atoms with Crippen molar-refractivity contribution in [1.29, 1.82) is 5.26 Å². The van der Waals surface area contributed by atoms with Crippen LogP contribution in [0.2, 0.25) is 0 Å². The lowest BCUT2D eigenvalue weighted by Gasteiger charge is -2.26. The maximum atomic E-state index is 8.82. The molecular formula is C19H20N6O. The number of hydrogen-bond donors (Lipinski definition) is 0. The van der Waals surface area contributed by atoms with Crippen molar-refractivity contribution in [3.8, 4) is 11.8 Å². The molecule has 0 bridgehead atoms. The molecule has 0 spiro atoms. The fourth-order valence-corrected chi connectivity index (χ4v) is 3.62. The monoisotopic (exact) mass is 348 g/mol. The molecule has 1 saturated heterocycles. The summed E-state index contributed by atoms with van der Waals surface area (Å²) in [5.41, 5.74) is 2.04. The van der Waals surface area contributed by atoms with Gasteiger partial charge in [0.05, 0.1) is 43.8 Å². The smallest absolute Gasteiger partial charge is 0.163 e. The molecule has 0 saturated carbocycles. The van der Waals surface area contributed by atoms with Gasteiger partial charge in [-0.1, -0.05) is 12.1 Å². The van der Waals surface area contributed by atoms with Gasteiger partial charge >= 0.3 is 0 Å². The van der Waals surface area contributed by atoms with Crippen molar-refractivity contribution >= 4 is 16.9 Å². The first-order valence-electron chi connectivity index (χ1n) is 8.76. The second-order valence-corrected chi connectivity index (χ2v) is 6.33. The second kappa shape index (κ2) is 7.00. The Hall–Kier alpha value is -3.14. The number of aromatic nitrogens is 4. The molecule has 1 aliphatic heterocycles. The molecule has 4 rings (SSSR count). The van der Waals surface area contributed by atoms with Crippen LogP contribution in [0.15, 0.2) is 36.8 Å². The average Bonchev–Trinajstić information content (AvgIpc) is 3.33. The predicted octanol–water partition coefficient (Wildman–Crippen LogP) is 3.09. The molecule has 3 aromatic rings. The highest BCUT2D eigenvalue weighted by atomic mass is 16.5. The van der Waals surface area contributed by atoms with Crippen molar-refractivity contribution in [2.24, 2.45) is 0 Å². The van der Waals surface area contributed by atoms with Crippen LogP contribution >= 0.6 is 0 Å². The molecule has 1 aromatic carbocycles. The Kier molecular flexibility index (Phi) is 4.40. The third-order valence-corrected chi connectivity index (χ3v) is 4.87. The predicted molar refractivity (Wildman–Crippen MR) is 97.9 cm³/mol. The summed E-state index contributed by atoms with van der Waals surface area (Å²) in [4.78, 5) is 11.3. The highest BCUT2D eigenvalue weighted by Crippen LogP contribution is 2.38. The number of hydrogen-bond acceptors (Lipinski definition) is 6. The van der Waals surface area contributed by atoms with Crippen LogP contribution in [0.3, 0.4) is 0 Å². The van der Waals surface area contributed by atoms with E-state index in [9.17, 15) is 0 Å². The number of nitriles is 1. The Morgan fingerprint density at radius 3 is 2.88 bits per heavy atom. The van der Waals surface area contributed by atoms with Gasteiger partial charge in [-0.15, -0.1) is 0 Å². The summed E-state index contributed by atoms with van der Waals surface area (Å²) in [6.07, 6.45) is 6.01. The molecule has 1 atom stereocenters. The van der Waals surface area contributed by atoms with Crippen LogP contribution in [-0.2, 0) is 6.54 Å². The molecule has 2 aromatic heterocycles. The maximum Gasteiger partial charge on any atom is 0.163 e. The van der Waals surface area contributed by atoms with Crippen molar-refractivity contribution in [2.45, 2.75) is 31.8 Å². The lowest BCUT2D eigenvalue weighted by molar-refractivity contribution is 0.414. The van der Waals surface area contributed by atoms with Crippen LogP contribution in [0.25, 0.3) is 11.0 Å². The van der Waals surface area contributed by atoms with Crippen LogP contribution in [0.4, 0.5) is 5.82 Å². The largest absolute Gasteiger partial charge is 0.497 e. The van der Waals surface area contributed by atoms with Crippen molar-refractivity contribution in [3.63, 3.8) is 0 Å². The summed E-state index contributed by atoms with van der Waals surface area (Å²) in [6, 6.07) is 10.7. The van der Waals surface area contributed by atoms with E-state index in [2.05, 4.69) is 38.2 Å². The number of methoxy groups -OCH3 is 1. The molecule has 1 fully saturated rings. The van der Waals surface area contributed by atoms with Crippen LogP contribution in [0.5, 0.6) is 5.75 Å². The van der Waals surface area contributed by atoms with Crippen molar-refractivity contribution in [2.75, 3.05) is 18.6 Å². The molecule has 26 heavy (non-hydrogen) atoms. The molecule has 1 aliphatic rings. The third-order valence-electron chi connectivity index (χ3n) is 4.87. The number of fused-ring (bicyclic) bond motifs is 1. The summed E-state index contributed by atoms with van der Waals surface area (Å²) < 4.78 is 7.05. The zero-order chi connectivity index (χ0) is 17.9. The Morgan fingerprint density at radius 1 is 1.27 bits per heavy atom. The highest BCUT2D eigenvalue weighted by molar-refractivity contribution is 5.87. The van der Waals surface area contributed by atoms with Crippen molar-refractivity contribution in [3.05, 3.63) is 42.4 Å². The summed E-state index contributed by atoms with van der Waals surface area (Å²) in [6.45, 7) is 1.49. The lowest BCUT2D eigenvalue weighted by Crippen LogP contribution is -2.23. The van der Waals surface area contributed by atoms with Crippen LogP contribution in [0, 0.1) is 11.3 Å². The highest BCUT2D eigenvalue weighted by Gasteiger charge is 2.29. The summed E-state index contributed by atoms with van der Waals surface area (Å²) >= 11 is 0. The maximum absolute atomic E-state index is 8.82. The topological polar surface area (TPSA) is 79.9 Å². The Bertz CT molecular complexity index is 943. The molecule has 0 radical (unpaired) electrons. The van der Waals surface area contributed by atoms with Gasteiger partial charge in [-0.2, -0.15) is 10.4 Å². The Labute approximate surface area is 151 Å². The molecule has 0 aliphatic carbocycles. The number of aryl methyl sites for hydroxylation is 1. The normalized spacial score (nSPS) is 16.8. The van der Waals surface area contributed by atoms with E-state index in [-0.39, 0.29) is 6.04 Å². The molecule has 0 N–H and O–H groups in total. The third kappa shape index (κ3) is 2.84. The summed E-state index contributed by atoms with van der Waals surface area (Å²) in [7, 11) is 1.68. The van der Waals surface area contributed by atoms with Crippen LogP contribution < -0.4 is 9.64 Å². The quantitative estimate of drug-likeness (QED) is 0.705. The molecule has 7 nitrogen and oxygen atoms in total. The number of ether oxygens (including phenoxy) is 1. The van der Waals surface area contributed by atoms with E-state index in [1.165, 1.54) is 5.56 Å². The minimum absolute atomic E-state index is 0.279. The van der Waals surface area contributed by atoms with E-state index < -0.39 is 0 Å². The van der Waals surface area contributed by atoms with Gasteiger partial charge in [0.1, 0.15) is 17.9 Å². The number of nitrogens with zero attached hydrogens (tertiary/aromatic N) is 6. The van der Waals surface area contributed by atoms with E-state index in [1.807, 2.05) is 18.3 Å². The summed E-state index contributed by atoms with van der Waals surface area (Å²) in [5, 5.41) is 14.2. The minimum Gasteiger partial charge on any atom is -0.497 e. The first kappa shape index (κ1) is 16.3. The zero-order valence-electron chi connectivity index (χ0n) is 14.7. The second-order valence-electron chi connectivity index (χ2n) is 6.33. The van der Waals surface area contributed by atoms with Gasteiger partial charge in [0.25, 0.3) is 0 Å². The first-order chi connectivity index (χ1) is 12.8. The Morgan fingerprint density at radius 2 is 2.12 bits per heavy atom. The average molecular weight is 348 g/mol. The van der Waals surface area contributed by atoms with E-state index in [1.54, 1.807) is 18.1 Å². The van der Waals surface area contributed by atoms with Gasteiger partial charge < -0.3 is 9.64 Å². The van der Waals surface area contributed by atoms with Gasteiger partial charge in [0, 0.05) is 6.54 Å². The number of anilines is 1. The molecule has 0 unspecified atom stereocenters. The van der Waals surface area contributed by atoms with Crippen LogP contribution in [0.1, 0.15) is 30.9 Å². The Balaban J connectivity index is 1.69. The molecular weight excluding hydrogens is 328 g/mol. The number of rotatable bonds is 5. The zero-order valence-corrected chi connectivity index (χ0v) is 14.7. The fourth-order valence-electron chi connectivity index (χ4n) is 3.62. The van der Waals surface area contributed by atoms with E-state index in [0.717, 1.165) is 42.0 Å². The fraction of sp³-hybridized carbons (Fsp3) is 0.368. The lowest BCUT2D eigenvalue weighted by atomic mass is 10.0. The van der Waals surface area contributed by atoms with Crippen LogP contribution in [-0.4, -0.2) is 33.4 Å². The van der Waals surface area contributed by atoms with Gasteiger partial charge in [0.2, 0.25) is 0 Å². The van der Waals surface area contributed by atoms with E-state index in [0.29, 0.717) is 13.0 Å². The molecule has 132 valence electrons. The van der Waals surface area contributed by atoms with Crippen molar-refractivity contribution < 1.29 is 4.74 Å². The molecule has 0 amide bonds. The van der Waals surface area contributed by atoms with E-state index >= 15 is 0 Å². The van der Waals surface area contributed by atoms with Gasteiger partial charge in [-0.05, 0) is 30.5 Å². The number of benzene rings is 1. The molecule has 7 heteroatoms. The molecule has 3 heterocycles. The minimum atomic E-state index is 0.279. The van der Waals surface area contributed by atoms with E-state index in [4.69, 9.17) is 10.00 Å². The van der Waals surface area contributed by atoms with Gasteiger partial charge in [-0.25, -0.2) is 14.6 Å². The van der Waals surface area contributed by atoms with Crippen molar-refractivity contribution in [1.82, 2.24) is 19.7 Å². The standard InChI is InChI=1S/C19H20N6O/c1-26-15-7-5-14(6-8-15)17-4-2-10-24(17)18-16-12-23-25(11-3-9-20)19(16)22-13-21-18/h5-8,12-13,17H,2-4,10-11H2,1H3/t17-/m1/s1. The summed E-state index contributed by atoms with van der Waals surface area (Å²) in [5.74, 6) is 1.78. The SMILES string of the molecule is COc1ccc([C@H]2CCCN2c2ncnc3c2cnn3CCC#N)cc1. The van der Waals surface area contributed by atoms with Gasteiger partial charge in [0.15, 0.2) is 5.65 Å². The van der Waals surface area contributed by atoms with Gasteiger partial charge in [-0.3, -0.25) is 0 Å².